The Balaban J connectivity index is 1.59. The summed E-state index contributed by atoms with van der Waals surface area (Å²) in [5.41, 5.74) is 1.05. The highest BCUT2D eigenvalue weighted by atomic mass is 15.3. The summed E-state index contributed by atoms with van der Waals surface area (Å²) in [6.45, 7) is 6.61. The fraction of sp³-hybridized carbons (Fsp3) is 0.714. The number of aromatic nitrogens is 2. The molecular weight excluding hydrogens is 224 g/mol. The van der Waals surface area contributed by atoms with Crippen LogP contribution < -0.4 is 4.90 Å². The Morgan fingerprint density at radius 2 is 1.78 bits per heavy atom. The van der Waals surface area contributed by atoms with Gasteiger partial charge in [0.05, 0.1) is 0 Å². The van der Waals surface area contributed by atoms with E-state index in [-0.39, 0.29) is 0 Å². The summed E-state index contributed by atoms with van der Waals surface area (Å²) in [6.07, 6.45) is 7.35. The topological polar surface area (TPSA) is 32.3 Å². The van der Waals surface area contributed by atoms with E-state index in [1.54, 1.807) is 6.33 Å². The normalized spacial score (nSPS) is 22.6. The highest BCUT2D eigenvalue weighted by molar-refractivity contribution is 5.39. The van der Waals surface area contributed by atoms with Crippen LogP contribution in [0.4, 0.5) is 5.82 Å². The van der Waals surface area contributed by atoms with E-state index in [0.29, 0.717) is 0 Å². The van der Waals surface area contributed by atoms with Crippen LogP contribution in [0.1, 0.15) is 31.4 Å². The second-order valence-electron chi connectivity index (χ2n) is 5.48. The van der Waals surface area contributed by atoms with Gasteiger partial charge in [0.25, 0.3) is 0 Å². The Hall–Kier alpha value is -1.16. The van der Waals surface area contributed by atoms with Crippen molar-refractivity contribution in [1.29, 1.82) is 0 Å². The van der Waals surface area contributed by atoms with Crippen molar-refractivity contribution < 1.29 is 0 Å². The monoisotopic (exact) mass is 246 g/mol. The van der Waals surface area contributed by atoms with E-state index in [1.807, 2.05) is 6.92 Å². The molecule has 1 aromatic rings. The molecule has 98 valence electrons. The largest absolute Gasteiger partial charge is 0.354 e. The Bertz CT molecular complexity index is 393. The molecule has 18 heavy (non-hydrogen) atoms. The summed E-state index contributed by atoms with van der Waals surface area (Å²) in [6, 6.07) is 2.95. The van der Waals surface area contributed by atoms with Gasteiger partial charge in [0.15, 0.2) is 0 Å². The third-order valence-corrected chi connectivity index (χ3v) is 4.27. The Morgan fingerprint density at radius 1 is 1.06 bits per heavy atom. The van der Waals surface area contributed by atoms with Crippen LogP contribution in [0.3, 0.4) is 0 Å². The molecule has 0 aromatic carbocycles. The molecule has 4 nitrogen and oxygen atoms in total. The summed E-state index contributed by atoms with van der Waals surface area (Å²) in [5.74, 6) is 1.09. The molecule has 0 atom stereocenters. The molecule has 0 bridgehead atoms. The molecule has 2 heterocycles. The van der Waals surface area contributed by atoms with Crippen molar-refractivity contribution in [2.45, 2.75) is 38.6 Å². The van der Waals surface area contributed by atoms with E-state index in [0.717, 1.165) is 30.6 Å². The first-order valence-corrected chi connectivity index (χ1v) is 7.10. The average molecular weight is 246 g/mol. The van der Waals surface area contributed by atoms with Gasteiger partial charge in [-0.2, -0.15) is 0 Å². The van der Waals surface area contributed by atoms with Crippen molar-refractivity contribution in [3.63, 3.8) is 0 Å². The first kappa shape index (κ1) is 11.9. The van der Waals surface area contributed by atoms with Gasteiger partial charge in [0, 0.05) is 44.0 Å². The third-order valence-electron chi connectivity index (χ3n) is 4.27. The first-order chi connectivity index (χ1) is 8.83. The molecule has 0 spiro atoms. The molecule has 3 rings (SSSR count). The van der Waals surface area contributed by atoms with Gasteiger partial charge in [0.1, 0.15) is 12.1 Å². The number of nitrogens with zero attached hydrogens (tertiary/aromatic N) is 4. The molecule has 4 heteroatoms. The quantitative estimate of drug-likeness (QED) is 0.797. The van der Waals surface area contributed by atoms with E-state index in [2.05, 4.69) is 25.8 Å². The molecule has 1 aliphatic heterocycles. The van der Waals surface area contributed by atoms with Gasteiger partial charge in [-0.3, -0.25) is 4.90 Å². The number of aryl methyl sites for hydroxylation is 1. The molecule has 1 saturated heterocycles. The molecule has 0 radical (unpaired) electrons. The second kappa shape index (κ2) is 5.22. The molecule has 2 fully saturated rings. The van der Waals surface area contributed by atoms with Crippen molar-refractivity contribution in [2.75, 3.05) is 31.1 Å². The fourth-order valence-electron chi connectivity index (χ4n) is 3.20. The maximum atomic E-state index is 4.38. The number of hydrogen-bond acceptors (Lipinski definition) is 4. The number of rotatable bonds is 2. The lowest BCUT2D eigenvalue weighted by Crippen LogP contribution is -2.50. The molecular formula is C14H22N4. The highest BCUT2D eigenvalue weighted by Gasteiger charge is 2.26. The van der Waals surface area contributed by atoms with E-state index in [9.17, 15) is 0 Å². The molecule has 0 unspecified atom stereocenters. The van der Waals surface area contributed by atoms with E-state index >= 15 is 0 Å². The van der Waals surface area contributed by atoms with Crippen molar-refractivity contribution in [3.8, 4) is 0 Å². The van der Waals surface area contributed by atoms with Gasteiger partial charge in [-0.05, 0) is 19.8 Å². The Morgan fingerprint density at radius 3 is 2.44 bits per heavy atom. The molecule has 1 saturated carbocycles. The van der Waals surface area contributed by atoms with Crippen molar-refractivity contribution in [2.24, 2.45) is 0 Å². The molecule has 0 N–H and O–H groups in total. The zero-order valence-electron chi connectivity index (χ0n) is 11.2. The summed E-state index contributed by atoms with van der Waals surface area (Å²) in [7, 11) is 0. The molecule has 2 aliphatic rings. The van der Waals surface area contributed by atoms with Crippen LogP contribution in [0.5, 0.6) is 0 Å². The zero-order valence-corrected chi connectivity index (χ0v) is 11.2. The van der Waals surface area contributed by atoms with Crippen LogP contribution in [0.2, 0.25) is 0 Å². The van der Waals surface area contributed by atoms with Gasteiger partial charge in [-0.25, -0.2) is 9.97 Å². The number of piperazine rings is 1. The predicted molar refractivity (Wildman–Crippen MR) is 72.8 cm³/mol. The lowest BCUT2D eigenvalue weighted by atomic mass is 10.2. The van der Waals surface area contributed by atoms with E-state index < -0.39 is 0 Å². The Labute approximate surface area is 109 Å². The van der Waals surface area contributed by atoms with Crippen LogP contribution in [0.25, 0.3) is 0 Å². The van der Waals surface area contributed by atoms with Crippen molar-refractivity contribution in [1.82, 2.24) is 14.9 Å². The van der Waals surface area contributed by atoms with Crippen LogP contribution in [0, 0.1) is 6.92 Å². The first-order valence-electron chi connectivity index (χ1n) is 7.10. The van der Waals surface area contributed by atoms with Gasteiger partial charge in [-0.1, -0.05) is 12.8 Å². The SMILES string of the molecule is Cc1cc(N2CCN(C3CCCC3)CC2)ncn1. The van der Waals surface area contributed by atoms with Crippen LogP contribution >= 0.6 is 0 Å². The minimum atomic E-state index is 0.860. The summed E-state index contributed by atoms with van der Waals surface area (Å²) in [5, 5.41) is 0. The van der Waals surface area contributed by atoms with Gasteiger partial charge < -0.3 is 4.90 Å². The highest BCUT2D eigenvalue weighted by Crippen LogP contribution is 2.25. The number of hydrogen-bond donors (Lipinski definition) is 0. The second-order valence-corrected chi connectivity index (χ2v) is 5.48. The van der Waals surface area contributed by atoms with Crippen LogP contribution in [-0.4, -0.2) is 47.1 Å². The van der Waals surface area contributed by atoms with Gasteiger partial charge in [0.2, 0.25) is 0 Å². The lowest BCUT2D eigenvalue weighted by Gasteiger charge is -2.38. The summed E-state index contributed by atoms with van der Waals surface area (Å²) >= 11 is 0. The van der Waals surface area contributed by atoms with Crippen LogP contribution in [-0.2, 0) is 0 Å². The maximum absolute atomic E-state index is 4.38. The van der Waals surface area contributed by atoms with Crippen molar-refractivity contribution >= 4 is 5.82 Å². The third kappa shape index (κ3) is 2.48. The minimum Gasteiger partial charge on any atom is -0.354 e. The van der Waals surface area contributed by atoms with Gasteiger partial charge >= 0.3 is 0 Å². The summed E-state index contributed by atoms with van der Waals surface area (Å²) < 4.78 is 0. The maximum Gasteiger partial charge on any atom is 0.132 e. The molecule has 1 aromatic heterocycles. The number of anilines is 1. The predicted octanol–water partition coefficient (Wildman–Crippen LogP) is 1.85. The molecule has 0 amide bonds. The average Bonchev–Trinajstić information content (AvgIpc) is 2.93. The van der Waals surface area contributed by atoms with Crippen molar-refractivity contribution in [3.05, 3.63) is 18.1 Å². The van der Waals surface area contributed by atoms with E-state index in [4.69, 9.17) is 0 Å². The van der Waals surface area contributed by atoms with Gasteiger partial charge in [-0.15, -0.1) is 0 Å². The summed E-state index contributed by atoms with van der Waals surface area (Å²) in [4.78, 5) is 13.6. The smallest absolute Gasteiger partial charge is 0.132 e. The Kier molecular flexibility index (Phi) is 3.46. The molecule has 1 aliphatic carbocycles. The fourth-order valence-corrected chi connectivity index (χ4v) is 3.20. The standard InChI is InChI=1S/C14H22N4/c1-12-10-14(16-11-15-12)18-8-6-17(7-9-18)13-4-2-3-5-13/h10-11,13H,2-9H2,1H3. The lowest BCUT2D eigenvalue weighted by molar-refractivity contribution is 0.187. The van der Waals surface area contributed by atoms with Crippen LogP contribution in [0.15, 0.2) is 12.4 Å². The minimum absolute atomic E-state index is 0.860. The zero-order chi connectivity index (χ0) is 12.4. The van der Waals surface area contributed by atoms with E-state index in [1.165, 1.54) is 38.8 Å².